The molecule has 0 saturated carbocycles. The summed E-state index contributed by atoms with van der Waals surface area (Å²) < 4.78 is 24.1. The van der Waals surface area contributed by atoms with E-state index in [0.717, 1.165) is 0 Å². The molecule has 1 aromatic rings. The highest BCUT2D eigenvalue weighted by atomic mass is 79.9. The number of halogens is 1. The first-order valence-electron chi connectivity index (χ1n) is 3.53. The lowest BCUT2D eigenvalue weighted by molar-refractivity contribution is 0.521. The number of hydrogen-bond acceptors (Lipinski definition) is 2. The Hall–Kier alpha value is -0.390. The zero-order chi connectivity index (χ0) is 9.19. The van der Waals surface area contributed by atoms with Gasteiger partial charge in [-0.05, 0) is 12.1 Å². The maximum atomic E-state index is 11.5. The van der Waals surface area contributed by atoms with Crippen LogP contribution in [0.2, 0.25) is 0 Å². The van der Waals surface area contributed by atoms with Gasteiger partial charge in [-0.2, -0.15) is 0 Å². The fourth-order valence-electron chi connectivity index (χ4n) is 0.803. The molecule has 1 aromatic carbocycles. The van der Waals surface area contributed by atoms with Gasteiger partial charge in [-0.25, -0.2) is 12.7 Å². The van der Waals surface area contributed by atoms with Crippen LogP contribution in [0.5, 0.6) is 0 Å². The molecule has 0 fully saturated rings. The Labute approximate surface area is 89.2 Å². The van der Waals surface area contributed by atoms with E-state index in [1.165, 1.54) is 18.4 Å². The second-order valence-electron chi connectivity index (χ2n) is 2.60. The van der Waals surface area contributed by atoms with Gasteiger partial charge in [-0.1, -0.05) is 18.2 Å². The van der Waals surface area contributed by atoms with Crippen LogP contribution in [-0.4, -0.2) is 26.8 Å². The Morgan fingerprint density at radius 1 is 1.08 bits per heavy atom. The fraction of sp³-hybridized carbons (Fsp3) is 0.250. The lowest BCUT2D eigenvalue weighted by Crippen LogP contribution is -2.21. The van der Waals surface area contributed by atoms with Crippen molar-refractivity contribution in [1.82, 2.24) is 4.31 Å². The summed E-state index contributed by atoms with van der Waals surface area (Å²) in [5.41, 5.74) is 0. The first-order valence-corrected chi connectivity index (χ1v) is 4.97. The van der Waals surface area contributed by atoms with Gasteiger partial charge in [-0.15, -0.1) is 17.0 Å². The Kier molecular flexibility index (Phi) is 4.60. The monoisotopic (exact) mass is 265 g/mol. The molecule has 0 bridgehead atoms. The van der Waals surface area contributed by atoms with Crippen molar-refractivity contribution >= 4 is 27.0 Å². The quantitative estimate of drug-likeness (QED) is 0.813. The Balaban J connectivity index is 0.00000144. The molecule has 13 heavy (non-hydrogen) atoms. The van der Waals surface area contributed by atoms with E-state index in [4.69, 9.17) is 0 Å². The number of benzene rings is 1. The maximum absolute atomic E-state index is 11.5. The van der Waals surface area contributed by atoms with Crippen LogP contribution < -0.4 is 0 Å². The zero-order valence-corrected chi connectivity index (χ0v) is 10.00. The third-order valence-electron chi connectivity index (χ3n) is 1.52. The zero-order valence-electron chi connectivity index (χ0n) is 7.47. The van der Waals surface area contributed by atoms with E-state index in [1.807, 2.05) is 0 Å². The van der Waals surface area contributed by atoms with Crippen LogP contribution in [0.4, 0.5) is 0 Å². The lowest BCUT2D eigenvalue weighted by atomic mass is 10.4. The number of hydrogen-bond donors (Lipinski definition) is 0. The van der Waals surface area contributed by atoms with Gasteiger partial charge >= 0.3 is 0 Å². The summed E-state index contributed by atoms with van der Waals surface area (Å²) in [5.74, 6) is 0. The van der Waals surface area contributed by atoms with Crippen LogP contribution in [0.25, 0.3) is 0 Å². The predicted molar refractivity (Wildman–Crippen MR) is 57.6 cm³/mol. The number of rotatable bonds is 2. The van der Waals surface area contributed by atoms with Gasteiger partial charge in [0.1, 0.15) is 0 Å². The Morgan fingerprint density at radius 2 is 1.54 bits per heavy atom. The Bertz CT molecular complexity index is 348. The molecule has 0 atom stereocenters. The normalized spacial score (nSPS) is 11.0. The lowest BCUT2D eigenvalue weighted by Gasteiger charge is -2.10. The topological polar surface area (TPSA) is 37.4 Å². The Morgan fingerprint density at radius 3 is 1.92 bits per heavy atom. The minimum atomic E-state index is -3.24. The molecule has 0 heterocycles. The van der Waals surface area contributed by atoms with Crippen LogP contribution >= 0.6 is 17.0 Å². The molecule has 0 unspecified atom stereocenters. The summed E-state index contributed by atoms with van der Waals surface area (Å²) in [6.45, 7) is 0. The largest absolute Gasteiger partial charge is 0.242 e. The van der Waals surface area contributed by atoms with Crippen molar-refractivity contribution in [2.24, 2.45) is 0 Å². The van der Waals surface area contributed by atoms with Crippen molar-refractivity contribution in [3.05, 3.63) is 30.3 Å². The SMILES string of the molecule is Br.CN(C)S(=O)(=O)c1ccccc1. The minimum absolute atomic E-state index is 0. The van der Waals surface area contributed by atoms with E-state index in [-0.39, 0.29) is 17.0 Å². The average molecular weight is 266 g/mol. The van der Waals surface area contributed by atoms with Crippen molar-refractivity contribution in [3.63, 3.8) is 0 Å². The van der Waals surface area contributed by atoms with Crippen LogP contribution in [0.15, 0.2) is 35.2 Å². The average Bonchev–Trinajstić information content (AvgIpc) is 2.06. The molecular weight excluding hydrogens is 254 g/mol. The van der Waals surface area contributed by atoms with Gasteiger partial charge in [0.05, 0.1) is 4.90 Å². The van der Waals surface area contributed by atoms with Crippen molar-refractivity contribution in [2.45, 2.75) is 4.90 Å². The van der Waals surface area contributed by atoms with E-state index in [2.05, 4.69) is 0 Å². The highest BCUT2D eigenvalue weighted by molar-refractivity contribution is 8.93. The fourth-order valence-corrected chi connectivity index (χ4v) is 1.73. The molecule has 3 nitrogen and oxygen atoms in total. The molecule has 0 radical (unpaired) electrons. The first kappa shape index (κ1) is 12.6. The molecule has 0 aliphatic heterocycles. The second kappa shape index (κ2) is 4.74. The smallest absolute Gasteiger partial charge is 0.207 e. The van der Waals surface area contributed by atoms with Crippen molar-refractivity contribution < 1.29 is 8.42 Å². The highest BCUT2D eigenvalue weighted by Crippen LogP contribution is 2.10. The van der Waals surface area contributed by atoms with E-state index in [0.29, 0.717) is 4.90 Å². The summed E-state index contributed by atoms with van der Waals surface area (Å²) in [7, 11) is -0.211. The van der Waals surface area contributed by atoms with E-state index in [9.17, 15) is 8.42 Å². The van der Waals surface area contributed by atoms with Gasteiger partial charge in [0.25, 0.3) is 0 Å². The molecule has 5 heteroatoms. The summed E-state index contributed by atoms with van der Waals surface area (Å²) in [6, 6.07) is 8.35. The van der Waals surface area contributed by atoms with Crippen LogP contribution in [0, 0.1) is 0 Å². The molecule has 0 amide bonds. The summed E-state index contributed by atoms with van der Waals surface area (Å²) in [6.07, 6.45) is 0. The van der Waals surface area contributed by atoms with Crippen molar-refractivity contribution in [3.8, 4) is 0 Å². The van der Waals surface area contributed by atoms with Gasteiger partial charge in [0.15, 0.2) is 0 Å². The molecular formula is C8H12BrNO2S. The number of nitrogens with zero attached hydrogens (tertiary/aromatic N) is 1. The van der Waals surface area contributed by atoms with Crippen molar-refractivity contribution in [1.29, 1.82) is 0 Å². The summed E-state index contributed by atoms with van der Waals surface area (Å²) >= 11 is 0. The third kappa shape index (κ3) is 2.79. The van der Waals surface area contributed by atoms with E-state index in [1.54, 1.807) is 30.3 Å². The molecule has 0 spiro atoms. The molecule has 0 aromatic heterocycles. The van der Waals surface area contributed by atoms with E-state index < -0.39 is 10.0 Å². The molecule has 74 valence electrons. The molecule has 1 rings (SSSR count). The first-order chi connectivity index (χ1) is 5.55. The molecule has 0 N–H and O–H groups in total. The minimum Gasteiger partial charge on any atom is -0.207 e. The third-order valence-corrected chi connectivity index (χ3v) is 3.35. The standard InChI is InChI=1S/C8H11NO2S.BrH/c1-9(2)12(10,11)8-6-4-3-5-7-8;/h3-7H,1-2H3;1H. The van der Waals surface area contributed by atoms with Gasteiger partial charge < -0.3 is 0 Å². The molecule has 0 aliphatic carbocycles. The summed E-state index contributed by atoms with van der Waals surface area (Å²) in [4.78, 5) is 0.329. The molecule has 0 saturated heterocycles. The van der Waals surface area contributed by atoms with Crippen LogP contribution in [-0.2, 0) is 10.0 Å². The summed E-state index contributed by atoms with van der Waals surface area (Å²) in [5, 5.41) is 0. The van der Waals surface area contributed by atoms with Gasteiger partial charge in [0.2, 0.25) is 10.0 Å². The van der Waals surface area contributed by atoms with Gasteiger partial charge in [0, 0.05) is 14.1 Å². The highest BCUT2D eigenvalue weighted by Gasteiger charge is 2.15. The van der Waals surface area contributed by atoms with Crippen LogP contribution in [0.1, 0.15) is 0 Å². The molecule has 0 aliphatic rings. The second-order valence-corrected chi connectivity index (χ2v) is 4.75. The van der Waals surface area contributed by atoms with E-state index >= 15 is 0 Å². The van der Waals surface area contributed by atoms with Crippen molar-refractivity contribution in [2.75, 3.05) is 14.1 Å². The predicted octanol–water partition coefficient (Wildman–Crippen LogP) is 1.51. The van der Waals surface area contributed by atoms with Gasteiger partial charge in [-0.3, -0.25) is 0 Å². The maximum Gasteiger partial charge on any atom is 0.242 e. The number of sulfonamides is 1. The van der Waals surface area contributed by atoms with Crippen LogP contribution in [0.3, 0.4) is 0 Å².